The van der Waals surface area contributed by atoms with Crippen molar-refractivity contribution in [1.29, 1.82) is 5.26 Å². The van der Waals surface area contributed by atoms with Crippen LogP contribution in [0.1, 0.15) is 50.3 Å². The first-order valence-electron chi connectivity index (χ1n) is 7.29. The fraction of sp³-hybridized carbons (Fsp3) is 0.625. The topological polar surface area (TPSA) is 39.9 Å². The molecule has 1 saturated heterocycles. The molecule has 0 aromatic carbocycles. The summed E-state index contributed by atoms with van der Waals surface area (Å²) >= 11 is 0. The summed E-state index contributed by atoms with van der Waals surface area (Å²) in [5.41, 5.74) is 2.47. The van der Waals surface area contributed by atoms with Crippen LogP contribution in [0.15, 0.2) is 18.3 Å². The van der Waals surface area contributed by atoms with Gasteiger partial charge in [0.2, 0.25) is 0 Å². The van der Waals surface area contributed by atoms with E-state index in [0.717, 1.165) is 38.9 Å². The smallest absolute Gasteiger partial charge is 0.0656 e. The van der Waals surface area contributed by atoms with Gasteiger partial charge in [-0.25, -0.2) is 0 Å². The number of likely N-dealkylation sites (tertiary alicyclic amines) is 1. The van der Waals surface area contributed by atoms with Crippen molar-refractivity contribution in [2.24, 2.45) is 5.92 Å². The van der Waals surface area contributed by atoms with E-state index in [1.807, 2.05) is 6.20 Å². The highest BCUT2D eigenvalue weighted by Crippen LogP contribution is 2.19. The number of pyridine rings is 1. The second-order valence-corrected chi connectivity index (χ2v) is 5.58. The summed E-state index contributed by atoms with van der Waals surface area (Å²) in [6.45, 7) is 7.44. The van der Waals surface area contributed by atoms with Crippen molar-refractivity contribution in [2.45, 2.75) is 45.6 Å². The Hall–Kier alpha value is -1.40. The van der Waals surface area contributed by atoms with Gasteiger partial charge in [0.1, 0.15) is 0 Å². The van der Waals surface area contributed by atoms with Gasteiger partial charge in [-0.15, -0.1) is 0 Å². The zero-order chi connectivity index (χ0) is 13.7. The molecule has 102 valence electrons. The van der Waals surface area contributed by atoms with Crippen molar-refractivity contribution in [2.75, 3.05) is 13.1 Å². The van der Waals surface area contributed by atoms with Crippen molar-refractivity contribution in [3.8, 4) is 6.07 Å². The maximum atomic E-state index is 8.89. The van der Waals surface area contributed by atoms with E-state index < -0.39 is 0 Å². The third kappa shape index (κ3) is 3.78. The monoisotopic (exact) mass is 257 g/mol. The van der Waals surface area contributed by atoms with Crippen molar-refractivity contribution in [1.82, 2.24) is 9.88 Å². The predicted octanol–water partition coefficient (Wildman–Crippen LogP) is 3.33. The van der Waals surface area contributed by atoms with Crippen LogP contribution in [0.3, 0.4) is 0 Å². The molecule has 3 heteroatoms. The third-order valence-electron chi connectivity index (χ3n) is 4.14. The molecule has 0 spiro atoms. The summed E-state index contributed by atoms with van der Waals surface area (Å²) in [5.74, 6) is 0.808. The summed E-state index contributed by atoms with van der Waals surface area (Å²) in [6, 6.07) is 6.73. The van der Waals surface area contributed by atoms with E-state index in [4.69, 9.17) is 5.26 Å². The molecular formula is C16H23N3. The first-order chi connectivity index (χ1) is 9.22. The lowest BCUT2D eigenvalue weighted by molar-refractivity contribution is 0.198. The van der Waals surface area contributed by atoms with E-state index in [-0.39, 0.29) is 5.92 Å². The standard InChI is InChI=1S/C16H23N3/c1-3-13(2)16-5-4-15(11-18-16)12-19-8-6-14(10-17)7-9-19/h4-5,11,13-14H,3,6-9,12H2,1-2H3. The Morgan fingerprint density at radius 3 is 2.68 bits per heavy atom. The Morgan fingerprint density at radius 1 is 1.42 bits per heavy atom. The Bertz CT molecular complexity index is 424. The highest BCUT2D eigenvalue weighted by atomic mass is 15.1. The van der Waals surface area contributed by atoms with E-state index in [1.54, 1.807) is 0 Å². The van der Waals surface area contributed by atoms with Crippen LogP contribution in [0.25, 0.3) is 0 Å². The van der Waals surface area contributed by atoms with Gasteiger partial charge in [0.05, 0.1) is 6.07 Å². The lowest BCUT2D eigenvalue weighted by Crippen LogP contribution is -2.32. The van der Waals surface area contributed by atoms with Crippen molar-refractivity contribution in [3.63, 3.8) is 0 Å². The fourth-order valence-corrected chi connectivity index (χ4v) is 2.51. The summed E-state index contributed by atoms with van der Waals surface area (Å²) in [7, 11) is 0. The van der Waals surface area contributed by atoms with Crippen molar-refractivity contribution in [3.05, 3.63) is 29.6 Å². The van der Waals surface area contributed by atoms with Crippen LogP contribution in [0.4, 0.5) is 0 Å². The van der Waals surface area contributed by atoms with Gasteiger partial charge in [-0.05, 0) is 49.9 Å². The van der Waals surface area contributed by atoms with E-state index >= 15 is 0 Å². The first-order valence-corrected chi connectivity index (χ1v) is 7.29. The second-order valence-electron chi connectivity index (χ2n) is 5.58. The van der Waals surface area contributed by atoms with Gasteiger partial charge >= 0.3 is 0 Å². The minimum absolute atomic E-state index is 0.266. The van der Waals surface area contributed by atoms with Crippen LogP contribution in [-0.4, -0.2) is 23.0 Å². The molecule has 1 aromatic rings. The molecule has 0 bridgehead atoms. The molecule has 0 amide bonds. The van der Waals surface area contributed by atoms with E-state index in [0.29, 0.717) is 5.92 Å². The third-order valence-corrected chi connectivity index (χ3v) is 4.14. The maximum Gasteiger partial charge on any atom is 0.0656 e. The average Bonchev–Trinajstić information content (AvgIpc) is 2.48. The number of hydrogen-bond donors (Lipinski definition) is 0. The molecule has 0 saturated carbocycles. The maximum absolute atomic E-state index is 8.89. The molecule has 3 nitrogen and oxygen atoms in total. The molecule has 0 aliphatic carbocycles. The molecule has 1 aliphatic rings. The van der Waals surface area contributed by atoms with Gasteiger partial charge in [0.25, 0.3) is 0 Å². The van der Waals surface area contributed by atoms with Crippen LogP contribution in [-0.2, 0) is 6.54 Å². The van der Waals surface area contributed by atoms with E-state index in [2.05, 4.69) is 41.9 Å². The minimum Gasteiger partial charge on any atom is -0.299 e. The summed E-state index contributed by atoms with van der Waals surface area (Å²) < 4.78 is 0. The predicted molar refractivity (Wildman–Crippen MR) is 76.6 cm³/mol. The molecular weight excluding hydrogens is 234 g/mol. The Morgan fingerprint density at radius 2 is 2.16 bits per heavy atom. The number of nitrogens with zero attached hydrogens (tertiary/aromatic N) is 3. The fourth-order valence-electron chi connectivity index (χ4n) is 2.51. The molecule has 2 rings (SSSR count). The van der Waals surface area contributed by atoms with Crippen LogP contribution >= 0.6 is 0 Å². The summed E-state index contributed by atoms with van der Waals surface area (Å²) in [6.07, 6.45) is 5.16. The summed E-state index contributed by atoms with van der Waals surface area (Å²) in [5, 5.41) is 8.89. The minimum atomic E-state index is 0.266. The molecule has 1 fully saturated rings. The SMILES string of the molecule is CCC(C)c1ccc(CN2CCC(C#N)CC2)cn1. The number of aromatic nitrogens is 1. The van der Waals surface area contributed by atoms with Crippen LogP contribution in [0.5, 0.6) is 0 Å². The van der Waals surface area contributed by atoms with Crippen LogP contribution < -0.4 is 0 Å². The van der Waals surface area contributed by atoms with Crippen LogP contribution in [0.2, 0.25) is 0 Å². The van der Waals surface area contributed by atoms with Gasteiger partial charge in [0, 0.05) is 24.4 Å². The molecule has 0 N–H and O–H groups in total. The molecule has 19 heavy (non-hydrogen) atoms. The number of nitriles is 1. The second kappa shape index (κ2) is 6.68. The number of hydrogen-bond acceptors (Lipinski definition) is 3. The van der Waals surface area contributed by atoms with E-state index in [1.165, 1.54) is 11.3 Å². The van der Waals surface area contributed by atoms with Gasteiger partial charge in [-0.3, -0.25) is 9.88 Å². The molecule has 1 aromatic heterocycles. The number of rotatable bonds is 4. The van der Waals surface area contributed by atoms with Gasteiger partial charge < -0.3 is 0 Å². The zero-order valence-electron chi connectivity index (χ0n) is 12.0. The Kier molecular flexibility index (Phi) is 4.93. The van der Waals surface area contributed by atoms with E-state index in [9.17, 15) is 0 Å². The quantitative estimate of drug-likeness (QED) is 0.830. The molecule has 2 heterocycles. The van der Waals surface area contributed by atoms with Gasteiger partial charge in [0.15, 0.2) is 0 Å². The molecule has 0 radical (unpaired) electrons. The van der Waals surface area contributed by atoms with Crippen LogP contribution in [0, 0.1) is 17.2 Å². The lowest BCUT2D eigenvalue weighted by atomic mass is 9.98. The van der Waals surface area contributed by atoms with Crippen molar-refractivity contribution < 1.29 is 0 Å². The van der Waals surface area contributed by atoms with Gasteiger partial charge in [-0.1, -0.05) is 19.9 Å². The summed E-state index contributed by atoms with van der Waals surface area (Å²) in [4.78, 5) is 6.99. The Labute approximate surface area is 116 Å². The van der Waals surface area contributed by atoms with Crippen molar-refractivity contribution >= 4 is 0 Å². The largest absolute Gasteiger partial charge is 0.299 e. The number of piperidine rings is 1. The average molecular weight is 257 g/mol. The molecule has 1 aliphatic heterocycles. The lowest BCUT2D eigenvalue weighted by Gasteiger charge is -2.28. The molecule has 1 unspecified atom stereocenters. The first kappa shape index (κ1) is 14.0. The highest BCUT2D eigenvalue weighted by Gasteiger charge is 2.18. The zero-order valence-corrected chi connectivity index (χ0v) is 12.0. The molecule has 1 atom stereocenters. The Balaban J connectivity index is 1.88. The van der Waals surface area contributed by atoms with Gasteiger partial charge in [-0.2, -0.15) is 5.26 Å². The highest BCUT2D eigenvalue weighted by molar-refractivity contribution is 5.16. The normalized spacial score (nSPS) is 19.0.